The molecule has 0 atom stereocenters. The standard InChI is InChI=1S/C23H18BrN3O2S/c1-14-12-16(24)9-11-20(14)27-22(29)19(21(28)25-23(27)30)13-18-10-8-15(2)26(18)17-6-4-3-5-7-17/h3-13H,1-2H3,(H,25,28,30)/b19-13+. The van der Waals surface area contributed by atoms with Crippen LogP contribution in [0, 0.1) is 13.8 Å². The molecule has 1 fully saturated rings. The van der Waals surface area contributed by atoms with Crippen LogP contribution >= 0.6 is 28.1 Å². The number of amides is 2. The molecule has 1 saturated heterocycles. The molecule has 1 aliphatic rings. The molecule has 0 radical (unpaired) electrons. The Hall–Kier alpha value is -3.03. The molecule has 0 unspecified atom stereocenters. The van der Waals surface area contributed by atoms with Crippen LogP contribution in [0.2, 0.25) is 0 Å². The number of carbonyl (C=O) groups is 2. The van der Waals surface area contributed by atoms with Crippen molar-refractivity contribution in [3.8, 4) is 5.69 Å². The molecule has 0 saturated carbocycles. The van der Waals surface area contributed by atoms with Crippen molar-refractivity contribution in [1.82, 2.24) is 9.88 Å². The number of hydrogen-bond donors (Lipinski definition) is 1. The Morgan fingerprint density at radius 2 is 1.73 bits per heavy atom. The van der Waals surface area contributed by atoms with Crippen molar-refractivity contribution >= 4 is 56.8 Å². The minimum absolute atomic E-state index is 0.0289. The van der Waals surface area contributed by atoms with Crippen LogP contribution in [0.15, 0.2) is 70.7 Å². The number of aromatic nitrogens is 1. The number of nitrogens with zero attached hydrogens (tertiary/aromatic N) is 2. The molecule has 7 heteroatoms. The highest BCUT2D eigenvalue weighted by atomic mass is 79.9. The molecule has 2 aromatic carbocycles. The van der Waals surface area contributed by atoms with E-state index in [0.29, 0.717) is 5.69 Å². The van der Waals surface area contributed by atoms with E-state index in [0.717, 1.165) is 27.1 Å². The van der Waals surface area contributed by atoms with E-state index in [1.807, 2.05) is 73.0 Å². The summed E-state index contributed by atoms with van der Waals surface area (Å²) in [6.45, 7) is 3.87. The monoisotopic (exact) mass is 479 g/mol. The minimum Gasteiger partial charge on any atom is -0.314 e. The maximum atomic E-state index is 13.3. The second-order valence-electron chi connectivity index (χ2n) is 6.96. The number of nitrogens with one attached hydrogen (secondary N) is 1. The van der Waals surface area contributed by atoms with Gasteiger partial charge < -0.3 is 4.57 Å². The van der Waals surface area contributed by atoms with Gasteiger partial charge in [0.15, 0.2) is 5.11 Å². The summed E-state index contributed by atoms with van der Waals surface area (Å²) in [6.07, 6.45) is 1.61. The van der Waals surface area contributed by atoms with Crippen LogP contribution < -0.4 is 10.2 Å². The molecule has 4 rings (SSSR count). The second-order valence-corrected chi connectivity index (χ2v) is 8.26. The zero-order chi connectivity index (χ0) is 21.4. The van der Waals surface area contributed by atoms with Gasteiger partial charge in [-0.25, -0.2) is 0 Å². The van der Waals surface area contributed by atoms with E-state index in [1.165, 1.54) is 4.90 Å². The first-order valence-electron chi connectivity index (χ1n) is 9.28. The molecular formula is C23H18BrN3O2S. The van der Waals surface area contributed by atoms with Gasteiger partial charge in [0.1, 0.15) is 5.57 Å². The van der Waals surface area contributed by atoms with E-state index in [9.17, 15) is 9.59 Å². The summed E-state index contributed by atoms with van der Waals surface area (Å²) in [7, 11) is 0. The Kier molecular flexibility index (Phi) is 5.40. The molecule has 0 bridgehead atoms. The van der Waals surface area contributed by atoms with Crippen LogP contribution in [0.25, 0.3) is 11.8 Å². The van der Waals surface area contributed by atoms with Crippen molar-refractivity contribution in [1.29, 1.82) is 0 Å². The highest BCUT2D eigenvalue weighted by Gasteiger charge is 2.35. The number of carbonyl (C=O) groups excluding carboxylic acids is 2. The molecule has 1 aromatic heterocycles. The van der Waals surface area contributed by atoms with Gasteiger partial charge in [0.25, 0.3) is 11.8 Å². The van der Waals surface area contributed by atoms with E-state index in [-0.39, 0.29) is 10.7 Å². The summed E-state index contributed by atoms with van der Waals surface area (Å²) in [5.41, 5.74) is 4.20. The van der Waals surface area contributed by atoms with Crippen molar-refractivity contribution in [2.24, 2.45) is 0 Å². The summed E-state index contributed by atoms with van der Waals surface area (Å²) in [6, 6.07) is 19.2. The fraction of sp³-hybridized carbons (Fsp3) is 0.0870. The highest BCUT2D eigenvalue weighted by Crippen LogP contribution is 2.28. The second kappa shape index (κ2) is 8.01. The van der Waals surface area contributed by atoms with Gasteiger partial charge in [-0.05, 0) is 80.2 Å². The lowest BCUT2D eigenvalue weighted by atomic mass is 10.1. The van der Waals surface area contributed by atoms with Crippen LogP contribution in [0.4, 0.5) is 5.69 Å². The predicted molar refractivity (Wildman–Crippen MR) is 126 cm³/mol. The maximum absolute atomic E-state index is 13.3. The highest BCUT2D eigenvalue weighted by molar-refractivity contribution is 9.10. The van der Waals surface area contributed by atoms with E-state index in [4.69, 9.17) is 12.2 Å². The molecule has 1 aliphatic heterocycles. The van der Waals surface area contributed by atoms with E-state index in [1.54, 1.807) is 12.1 Å². The van der Waals surface area contributed by atoms with Gasteiger partial charge in [-0.1, -0.05) is 34.1 Å². The molecule has 30 heavy (non-hydrogen) atoms. The number of halogens is 1. The van der Waals surface area contributed by atoms with Gasteiger partial charge in [0.05, 0.1) is 5.69 Å². The Morgan fingerprint density at radius 3 is 2.43 bits per heavy atom. The summed E-state index contributed by atoms with van der Waals surface area (Å²) in [5, 5.41) is 2.72. The lowest BCUT2D eigenvalue weighted by Crippen LogP contribution is -2.54. The van der Waals surface area contributed by atoms with Crippen molar-refractivity contribution in [2.75, 3.05) is 4.90 Å². The summed E-state index contributed by atoms with van der Waals surface area (Å²) in [4.78, 5) is 27.4. The number of thiocarbonyl (C=S) groups is 1. The minimum atomic E-state index is -0.505. The molecule has 0 aliphatic carbocycles. The Labute approximate surface area is 188 Å². The first-order valence-corrected chi connectivity index (χ1v) is 10.5. The van der Waals surface area contributed by atoms with E-state index >= 15 is 0 Å². The van der Waals surface area contributed by atoms with Crippen molar-refractivity contribution in [3.05, 3.63) is 87.7 Å². The van der Waals surface area contributed by atoms with E-state index < -0.39 is 11.8 Å². The summed E-state index contributed by atoms with van der Waals surface area (Å²) in [5.74, 6) is -0.956. The quantitative estimate of drug-likeness (QED) is 0.336. The van der Waals surface area contributed by atoms with Crippen molar-refractivity contribution in [2.45, 2.75) is 13.8 Å². The molecule has 2 heterocycles. The third-order valence-corrected chi connectivity index (χ3v) is 5.69. The lowest BCUT2D eigenvalue weighted by molar-refractivity contribution is -0.122. The van der Waals surface area contributed by atoms with Gasteiger partial charge in [0, 0.05) is 21.5 Å². The lowest BCUT2D eigenvalue weighted by Gasteiger charge is -2.30. The average Bonchev–Trinajstić information content (AvgIpc) is 3.07. The van der Waals surface area contributed by atoms with Gasteiger partial charge in [-0.15, -0.1) is 0 Å². The summed E-state index contributed by atoms with van der Waals surface area (Å²) >= 11 is 8.74. The Balaban J connectivity index is 1.80. The fourth-order valence-electron chi connectivity index (χ4n) is 3.50. The Bertz CT molecular complexity index is 1210. The number of benzene rings is 2. The fourth-order valence-corrected chi connectivity index (χ4v) is 4.24. The molecular weight excluding hydrogens is 462 g/mol. The first kappa shape index (κ1) is 20.3. The number of para-hydroxylation sites is 1. The van der Waals surface area contributed by atoms with Crippen LogP contribution in [0.3, 0.4) is 0 Å². The molecule has 1 N–H and O–H groups in total. The number of hydrogen-bond acceptors (Lipinski definition) is 3. The Morgan fingerprint density at radius 1 is 1.00 bits per heavy atom. The zero-order valence-electron chi connectivity index (χ0n) is 16.3. The zero-order valence-corrected chi connectivity index (χ0v) is 18.8. The number of rotatable bonds is 3. The van der Waals surface area contributed by atoms with Crippen molar-refractivity contribution in [3.63, 3.8) is 0 Å². The van der Waals surface area contributed by atoms with Crippen molar-refractivity contribution < 1.29 is 9.59 Å². The first-order chi connectivity index (χ1) is 14.4. The number of anilines is 1. The largest absolute Gasteiger partial charge is 0.314 e. The normalized spacial score (nSPS) is 15.6. The van der Waals surface area contributed by atoms with Gasteiger partial charge in [-0.3, -0.25) is 19.8 Å². The SMILES string of the molecule is Cc1cc(Br)ccc1N1C(=O)/C(=C/c2ccc(C)n2-c2ccccc2)C(=O)NC1=S. The molecule has 5 nitrogen and oxygen atoms in total. The van der Waals surface area contributed by atoms with Crippen LogP contribution in [0.5, 0.6) is 0 Å². The molecule has 3 aromatic rings. The third-order valence-electron chi connectivity index (χ3n) is 4.91. The van der Waals surface area contributed by atoms with Gasteiger partial charge in [0.2, 0.25) is 0 Å². The maximum Gasteiger partial charge on any atom is 0.270 e. The number of aryl methyl sites for hydroxylation is 2. The molecule has 2 amide bonds. The predicted octanol–water partition coefficient (Wildman–Crippen LogP) is 4.69. The van der Waals surface area contributed by atoms with Crippen LogP contribution in [-0.2, 0) is 9.59 Å². The molecule has 0 spiro atoms. The van der Waals surface area contributed by atoms with Gasteiger partial charge >= 0.3 is 0 Å². The topological polar surface area (TPSA) is 54.3 Å². The van der Waals surface area contributed by atoms with Gasteiger partial charge in [-0.2, -0.15) is 0 Å². The smallest absolute Gasteiger partial charge is 0.270 e. The third kappa shape index (κ3) is 3.62. The van der Waals surface area contributed by atoms with Crippen LogP contribution in [-0.4, -0.2) is 21.5 Å². The summed E-state index contributed by atoms with van der Waals surface area (Å²) < 4.78 is 2.89. The van der Waals surface area contributed by atoms with Crippen LogP contribution in [0.1, 0.15) is 17.0 Å². The average molecular weight is 480 g/mol. The van der Waals surface area contributed by atoms with E-state index in [2.05, 4.69) is 21.2 Å². The molecule has 150 valence electrons.